The summed E-state index contributed by atoms with van der Waals surface area (Å²) in [4.78, 5) is 55.6. The second-order valence-corrected chi connectivity index (χ2v) is 9.09. The van der Waals surface area contributed by atoms with Crippen molar-refractivity contribution in [2.24, 2.45) is 0 Å². The fraction of sp³-hybridized carbons (Fsp3) is 0.583. The maximum atomic E-state index is 13.1. The SMILES string of the molecule is COc1ccc2c(c1)O[C@@]1(CCC(=O)N([C@H](C)C(=O)N3CCN(C(C)=O)CC3)CC1)CC2=O. The highest BCUT2D eigenvalue weighted by atomic mass is 16.5. The van der Waals surface area contributed by atoms with E-state index in [1.54, 1.807) is 46.9 Å². The first-order valence-corrected chi connectivity index (χ1v) is 11.5. The fourth-order valence-corrected chi connectivity index (χ4v) is 4.98. The maximum Gasteiger partial charge on any atom is 0.245 e. The van der Waals surface area contributed by atoms with Crippen molar-refractivity contribution in [3.8, 4) is 11.5 Å². The van der Waals surface area contributed by atoms with E-state index in [9.17, 15) is 19.2 Å². The minimum atomic E-state index is -0.767. The van der Waals surface area contributed by atoms with E-state index >= 15 is 0 Å². The predicted molar refractivity (Wildman–Crippen MR) is 119 cm³/mol. The van der Waals surface area contributed by atoms with Gasteiger partial charge in [0, 0.05) is 58.6 Å². The van der Waals surface area contributed by atoms with Crippen molar-refractivity contribution in [3.05, 3.63) is 23.8 Å². The molecule has 1 aromatic rings. The molecule has 9 heteroatoms. The van der Waals surface area contributed by atoms with Crippen molar-refractivity contribution < 1.29 is 28.7 Å². The van der Waals surface area contributed by atoms with Gasteiger partial charge in [0.25, 0.3) is 0 Å². The lowest BCUT2D eigenvalue weighted by Gasteiger charge is -2.39. The van der Waals surface area contributed by atoms with Crippen LogP contribution in [0.4, 0.5) is 0 Å². The highest BCUT2D eigenvalue weighted by Gasteiger charge is 2.44. The molecule has 3 amide bonds. The number of rotatable bonds is 3. The van der Waals surface area contributed by atoms with Crippen LogP contribution in [0.15, 0.2) is 18.2 Å². The van der Waals surface area contributed by atoms with E-state index in [0.717, 1.165) is 0 Å². The average Bonchev–Trinajstić information content (AvgIpc) is 2.96. The second kappa shape index (κ2) is 9.03. The monoisotopic (exact) mass is 457 g/mol. The summed E-state index contributed by atoms with van der Waals surface area (Å²) in [6, 6.07) is 4.55. The standard InChI is InChI=1S/C24H31N3O6/c1-16(23(31)26-12-10-25(11-13-26)17(2)28)27-9-8-24(7-6-22(27)30)15-20(29)19-5-4-18(32-3)14-21(19)33-24/h4-5,14,16H,6-13,15H2,1-3H3/t16-,24-/m1/s1. The van der Waals surface area contributed by atoms with E-state index in [1.165, 1.54) is 6.92 Å². The summed E-state index contributed by atoms with van der Waals surface area (Å²) in [5, 5.41) is 0. The summed E-state index contributed by atoms with van der Waals surface area (Å²) in [7, 11) is 1.56. The van der Waals surface area contributed by atoms with Gasteiger partial charge in [-0.1, -0.05) is 0 Å². The number of ether oxygens (including phenoxy) is 2. The zero-order valence-corrected chi connectivity index (χ0v) is 19.5. The summed E-state index contributed by atoms with van der Waals surface area (Å²) in [5.74, 6) is 0.866. The third kappa shape index (κ3) is 4.54. The zero-order valence-electron chi connectivity index (χ0n) is 19.5. The van der Waals surface area contributed by atoms with Crippen LogP contribution in [0.5, 0.6) is 11.5 Å². The first-order valence-electron chi connectivity index (χ1n) is 11.5. The summed E-state index contributed by atoms with van der Waals surface area (Å²) in [5.41, 5.74) is -0.237. The summed E-state index contributed by atoms with van der Waals surface area (Å²) < 4.78 is 11.6. The highest BCUT2D eigenvalue weighted by Crippen LogP contribution is 2.41. The molecule has 0 N–H and O–H groups in total. The van der Waals surface area contributed by atoms with Gasteiger partial charge in [-0.15, -0.1) is 0 Å². The molecule has 0 bridgehead atoms. The van der Waals surface area contributed by atoms with Crippen LogP contribution >= 0.6 is 0 Å². The number of carbonyl (C=O) groups excluding carboxylic acids is 4. The van der Waals surface area contributed by atoms with Crippen LogP contribution in [0, 0.1) is 0 Å². The Labute approximate surface area is 193 Å². The molecule has 33 heavy (non-hydrogen) atoms. The molecule has 178 valence electrons. The van der Waals surface area contributed by atoms with E-state index in [1.807, 2.05) is 0 Å². The Morgan fingerprint density at radius 1 is 1.06 bits per heavy atom. The van der Waals surface area contributed by atoms with E-state index < -0.39 is 11.6 Å². The van der Waals surface area contributed by atoms with Crippen LogP contribution in [0.1, 0.15) is 49.9 Å². The molecule has 1 aromatic carbocycles. The van der Waals surface area contributed by atoms with Crippen LogP contribution in [-0.2, 0) is 14.4 Å². The van der Waals surface area contributed by atoms with Crippen molar-refractivity contribution in [2.75, 3.05) is 39.8 Å². The van der Waals surface area contributed by atoms with Gasteiger partial charge in [-0.3, -0.25) is 19.2 Å². The van der Waals surface area contributed by atoms with Gasteiger partial charge in [0.1, 0.15) is 23.1 Å². The molecule has 3 heterocycles. The smallest absolute Gasteiger partial charge is 0.245 e. The lowest BCUT2D eigenvalue weighted by Crippen LogP contribution is -2.55. The Balaban J connectivity index is 1.45. The second-order valence-electron chi connectivity index (χ2n) is 9.09. The van der Waals surface area contributed by atoms with Crippen LogP contribution in [-0.4, -0.2) is 89.7 Å². The van der Waals surface area contributed by atoms with Gasteiger partial charge in [0.05, 0.1) is 19.1 Å². The molecule has 2 fully saturated rings. The molecular weight excluding hydrogens is 426 g/mol. The van der Waals surface area contributed by atoms with Crippen molar-refractivity contribution in [1.82, 2.24) is 14.7 Å². The molecule has 0 aliphatic carbocycles. The largest absolute Gasteiger partial charge is 0.497 e. The highest BCUT2D eigenvalue weighted by molar-refractivity contribution is 6.00. The number of likely N-dealkylation sites (tertiary alicyclic amines) is 1. The Hall–Kier alpha value is -3.10. The minimum Gasteiger partial charge on any atom is -0.497 e. The van der Waals surface area contributed by atoms with Crippen molar-refractivity contribution in [1.29, 1.82) is 0 Å². The van der Waals surface area contributed by atoms with Gasteiger partial charge >= 0.3 is 0 Å². The van der Waals surface area contributed by atoms with Crippen LogP contribution < -0.4 is 9.47 Å². The molecule has 2 atom stereocenters. The number of piperazine rings is 1. The molecule has 4 rings (SSSR count). The van der Waals surface area contributed by atoms with Gasteiger partial charge in [0.15, 0.2) is 5.78 Å². The summed E-state index contributed by atoms with van der Waals surface area (Å²) in [6.07, 6.45) is 1.31. The van der Waals surface area contributed by atoms with Crippen molar-refractivity contribution >= 4 is 23.5 Å². The normalized spacial score (nSPS) is 24.2. The number of fused-ring (bicyclic) bond motifs is 1. The van der Waals surface area contributed by atoms with E-state index in [-0.39, 0.29) is 36.3 Å². The number of methoxy groups -OCH3 is 1. The quantitative estimate of drug-likeness (QED) is 0.682. The molecule has 1 spiro atoms. The van der Waals surface area contributed by atoms with Crippen molar-refractivity contribution in [2.45, 2.75) is 51.2 Å². The molecule has 3 aliphatic rings. The first-order chi connectivity index (χ1) is 15.7. The molecule has 0 unspecified atom stereocenters. The third-order valence-electron chi connectivity index (χ3n) is 7.08. The van der Waals surface area contributed by atoms with Crippen LogP contribution in [0.2, 0.25) is 0 Å². The Bertz CT molecular complexity index is 971. The average molecular weight is 458 g/mol. The van der Waals surface area contributed by atoms with Gasteiger partial charge in [-0.2, -0.15) is 0 Å². The number of Topliss-reactive ketones (excluding diaryl/α,β-unsaturated/α-hetero) is 1. The van der Waals surface area contributed by atoms with Gasteiger partial charge in [-0.05, 0) is 25.5 Å². The number of ketones is 1. The first kappa shape index (κ1) is 23.1. The van der Waals surface area contributed by atoms with Gasteiger partial charge in [0.2, 0.25) is 17.7 Å². The number of amides is 3. The molecule has 0 saturated carbocycles. The van der Waals surface area contributed by atoms with E-state index in [0.29, 0.717) is 62.6 Å². The molecular formula is C24H31N3O6. The topological polar surface area (TPSA) is 96.5 Å². The Morgan fingerprint density at radius 3 is 2.42 bits per heavy atom. The van der Waals surface area contributed by atoms with Crippen molar-refractivity contribution in [3.63, 3.8) is 0 Å². The molecule has 9 nitrogen and oxygen atoms in total. The van der Waals surface area contributed by atoms with Gasteiger partial charge < -0.3 is 24.2 Å². The predicted octanol–water partition coefficient (Wildman–Crippen LogP) is 1.49. The summed E-state index contributed by atoms with van der Waals surface area (Å²) >= 11 is 0. The zero-order chi connectivity index (χ0) is 23.8. The Kier molecular flexibility index (Phi) is 6.32. The number of hydrogen-bond acceptors (Lipinski definition) is 6. The van der Waals surface area contributed by atoms with Crippen LogP contribution in [0.25, 0.3) is 0 Å². The summed E-state index contributed by atoms with van der Waals surface area (Å²) in [6.45, 7) is 5.55. The number of hydrogen-bond donors (Lipinski definition) is 0. The number of carbonyl (C=O) groups is 4. The van der Waals surface area contributed by atoms with Gasteiger partial charge in [-0.25, -0.2) is 0 Å². The number of nitrogens with zero attached hydrogens (tertiary/aromatic N) is 3. The van der Waals surface area contributed by atoms with E-state index in [2.05, 4.69) is 0 Å². The molecule has 2 saturated heterocycles. The molecule has 0 aromatic heterocycles. The van der Waals surface area contributed by atoms with E-state index in [4.69, 9.17) is 9.47 Å². The third-order valence-corrected chi connectivity index (χ3v) is 7.08. The molecule has 3 aliphatic heterocycles. The maximum absolute atomic E-state index is 13.1. The fourth-order valence-electron chi connectivity index (χ4n) is 4.98. The Morgan fingerprint density at radius 2 is 1.76 bits per heavy atom. The van der Waals surface area contributed by atoms with Crippen LogP contribution in [0.3, 0.4) is 0 Å². The lowest BCUT2D eigenvalue weighted by molar-refractivity contribution is -0.147. The number of benzene rings is 1. The lowest BCUT2D eigenvalue weighted by atomic mass is 9.84. The minimum absolute atomic E-state index is 0.00404. The molecule has 0 radical (unpaired) electrons.